The van der Waals surface area contributed by atoms with Crippen LogP contribution in [-0.4, -0.2) is 24.5 Å². The molecule has 5 heteroatoms. The summed E-state index contributed by atoms with van der Waals surface area (Å²) < 4.78 is 11.0. The summed E-state index contributed by atoms with van der Waals surface area (Å²) in [5.41, 5.74) is 1.42. The van der Waals surface area contributed by atoms with Gasteiger partial charge in [-0.1, -0.05) is 6.92 Å². The summed E-state index contributed by atoms with van der Waals surface area (Å²) in [6.45, 7) is 4.22. The number of ketones is 1. The van der Waals surface area contributed by atoms with Crippen molar-refractivity contribution in [2.24, 2.45) is 0 Å². The molecular weight excluding hydrogens is 274 g/mol. The van der Waals surface area contributed by atoms with Gasteiger partial charge in [-0.25, -0.2) is 4.98 Å². The number of Topliss-reactive ketones (excluding diaryl/α,β-unsaturated/α-hetero) is 1. The van der Waals surface area contributed by atoms with Crippen molar-refractivity contribution in [3.8, 4) is 22.1 Å². The minimum atomic E-state index is -0.0256. The van der Waals surface area contributed by atoms with Crippen molar-refractivity contribution in [2.75, 3.05) is 13.7 Å². The molecule has 1 aromatic carbocycles. The molecular formula is C15H17NO3S. The molecule has 0 atom stereocenters. The number of nitrogens with zero attached hydrogens (tertiary/aromatic N) is 1. The average Bonchev–Trinajstić information content (AvgIpc) is 2.95. The Balaban J connectivity index is 2.30. The number of carbonyl (C=O) groups excluding carboxylic acids is 1. The Morgan fingerprint density at radius 2 is 2.15 bits per heavy atom. The quantitative estimate of drug-likeness (QED) is 0.759. The third-order valence-corrected chi connectivity index (χ3v) is 3.63. The van der Waals surface area contributed by atoms with E-state index in [2.05, 4.69) is 11.9 Å². The van der Waals surface area contributed by atoms with E-state index in [4.69, 9.17) is 9.47 Å². The second kappa shape index (κ2) is 6.52. The highest BCUT2D eigenvalue weighted by molar-refractivity contribution is 7.13. The zero-order valence-corrected chi connectivity index (χ0v) is 12.6. The zero-order chi connectivity index (χ0) is 14.5. The number of carbonyl (C=O) groups is 1. The number of rotatable bonds is 6. The summed E-state index contributed by atoms with van der Waals surface area (Å²) in [5, 5.41) is 2.57. The van der Waals surface area contributed by atoms with Crippen LogP contribution < -0.4 is 9.47 Å². The van der Waals surface area contributed by atoms with Gasteiger partial charge in [0, 0.05) is 17.9 Å². The lowest BCUT2D eigenvalue weighted by atomic mass is 10.2. The fraction of sp³-hybridized carbons (Fsp3) is 0.333. The smallest absolute Gasteiger partial charge is 0.178 e. The Hall–Kier alpha value is -1.88. The van der Waals surface area contributed by atoms with Crippen molar-refractivity contribution in [1.29, 1.82) is 0 Å². The first-order valence-corrected chi connectivity index (χ1v) is 7.31. The fourth-order valence-corrected chi connectivity index (χ4v) is 2.56. The third kappa shape index (κ3) is 3.17. The Bertz CT molecular complexity index is 607. The molecule has 0 aliphatic carbocycles. The highest BCUT2D eigenvalue weighted by Crippen LogP contribution is 2.33. The van der Waals surface area contributed by atoms with Crippen molar-refractivity contribution in [3.63, 3.8) is 0 Å². The number of methoxy groups -OCH3 is 1. The van der Waals surface area contributed by atoms with Crippen molar-refractivity contribution in [2.45, 2.75) is 20.3 Å². The lowest BCUT2D eigenvalue weighted by molar-refractivity contribution is 0.101. The standard InChI is InChI=1S/C15H17NO3S/c1-4-7-19-13-6-5-11(8-14(13)18-3)15-16-12(9-20-15)10(2)17/h5-6,8-9H,4,7H2,1-3H3. The second-order valence-electron chi connectivity index (χ2n) is 4.31. The number of aromatic nitrogens is 1. The van der Waals surface area contributed by atoms with E-state index in [9.17, 15) is 4.79 Å². The highest BCUT2D eigenvalue weighted by Gasteiger charge is 2.11. The number of benzene rings is 1. The van der Waals surface area contributed by atoms with E-state index in [0.29, 0.717) is 18.1 Å². The van der Waals surface area contributed by atoms with Gasteiger partial charge in [-0.15, -0.1) is 11.3 Å². The van der Waals surface area contributed by atoms with Crippen LogP contribution in [0.2, 0.25) is 0 Å². The topological polar surface area (TPSA) is 48.4 Å². The van der Waals surface area contributed by atoms with Gasteiger partial charge in [0.1, 0.15) is 10.7 Å². The molecule has 0 amide bonds. The molecule has 106 valence electrons. The van der Waals surface area contributed by atoms with E-state index in [1.807, 2.05) is 18.2 Å². The first-order valence-electron chi connectivity index (χ1n) is 6.43. The first-order chi connectivity index (χ1) is 9.65. The molecule has 0 N–H and O–H groups in total. The van der Waals surface area contributed by atoms with E-state index in [-0.39, 0.29) is 5.78 Å². The van der Waals surface area contributed by atoms with Crippen LogP contribution in [-0.2, 0) is 0 Å². The summed E-state index contributed by atoms with van der Waals surface area (Å²) in [6, 6.07) is 5.68. The fourth-order valence-electron chi connectivity index (χ4n) is 1.70. The monoisotopic (exact) mass is 291 g/mol. The third-order valence-electron chi connectivity index (χ3n) is 2.74. The van der Waals surface area contributed by atoms with Gasteiger partial charge in [-0.05, 0) is 24.6 Å². The van der Waals surface area contributed by atoms with E-state index in [1.54, 1.807) is 12.5 Å². The lowest BCUT2D eigenvalue weighted by Crippen LogP contribution is -1.98. The highest BCUT2D eigenvalue weighted by atomic mass is 32.1. The maximum atomic E-state index is 11.3. The van der Waals surface area contributed by atoms with Gasteiger partial charge in [-0.3, -0.25) is 4.79 Å². The van der Waals surface area contributed by atoms with E-state index in [1.165, 1.54) is 18.3 Å². The van der Waals surface area contributed by atoms with Crippen molar-refractivity contribution >= 4 is 17.1 Å². The van der Waals surface area contributed by atoms with Crippen LogP contribution in [0.3, 0.4) is 0 Å². The normalized spacial score (nSPS) is 10.3. The number of hydrogen-bond donors (Lipinski definition) is 0. The Kier molecular flexibility index (Phi) is 4.74. The Labute approximate surface area is 122 Å². The zero-order valence-electron chi connectivity index (χ0n) is 11.8. The summed E-state index contributed by atoms with van der Waals surface area (Å²) >= 11 is 1.45. The lowest BCUT2D eigenvalue weighted by Gasteiger charge is -2.10. The maximum Gasteiger partial charge on any atom is 0.178 e. The Morgan fingerprint density at radius 1 is 1.35 bits per heavy atom. The van der Waals surface area contributed by atoms with Gasteiger partial charge in [0.05, 0.1) is 13.7 Å². The van der Waals surface area contributed by atoms with Gasteiger partial charge in [-0.2, -0.15) is 0 Å². The minimum absolute atomic E-state index is 0.0256. The Morgan fingerprint density at radius 3 is 2.75 bits per heavy atom. The molecule has 0 saturated heterocycles. The van der Waals surface area contributed by atoms with Crippen molar-refractivity contribution in [3.05, 3.63) is 29.3 Å². The SMILES string of the molecule is CCCOc1ccc(-c2nc(C(C)=O)cs2)cc1OC. The molecule has 0 fully saturated rings. The molecule has 2 aromatic rings. The van der Waals surface area contributed by atoms with Gasteiger partial charge in [0.25, 0.3) is 0 Å². The minimum Gasteiger partial charge on any atom is -0.493 e. The van der Waals surface area contributed by atoms with Crippen LogP contribution in [0.15, 0.2) is 23.6 Å². The molecule has 1 aromatic heterocycles. The van der Waals surface area contributed by atoms with Gasteiger partial charge in [0.15, 0.2) is 17.3 Å². The van der Waals surface area contributed by atoms with E-state index in [0.717, 1.165) is 22.7 Å². The van der Waals surface area contributed by atoms with Crippen LogP contribution in [0.5, 0.6) is 11.5 Å². The van der Waals surface area contributed by atoms with Crippen LogP contribution in [0.4, 0.5) is 0 Å². The largest absolute Gasteiger partial charge is 0.493 e. The number of thiazole rings is 1. The number of hydrogen-bond acceptors (Lipinski definition) is 5. The summed E-state index contributed by atoms with van der Waals surface area (Å²) in [4.78, 5) is 15.6. The summed E-state index contributed by atoms with van der Waals surface area (Å²) in [7, 11) is 1.61. The summed E-state index contributed by atoms with van der Waals surface area (Å²) in [6.07, 6.45) is 0.944. The van der Waals surface area contributed by atoms with Crippen LogP contribution >= 0.6 is 11.3 Å². The van der Waals surface area contributed by atoms with Gasteiger partial charge in [0.2, 0.25) is 0 Å². The van der Waals surface area contributed by atoms with Crippen molar-refractivity contribution in [1.82, 2.24) is 4.98 Å². The first kappa shape index (κ1) is 14.5. The predicted molar refractivity (Wildman–Crippen MR) is 79.9 cm³/mol. The summed E-state index contributed by atoms with van der Waals surface area (Å²) in [5.74, 6) is 1.37. The molecule has 4 nitrogen and oxygen atoms in total. The van der Waals surface area contributed by atoms with Crippen molar-refractivity contribution < 1.29 is 14.3 Å². The predicted octanol–water partition coefficient (Wildman–Crippen LogP) is 3.81. The second-order valence-corrected chi connectivity index (χ2v) is 5.17. The van der Waals surface area contributed by atoms with E-state index < -0.39 is 0 Å². The molecule has 0 bridgehead atoms. The van der Waals surface area contributed by atoms with Gasteiger partial charge < -0.3 is 9.47 Å². The molecule has 2 rings (SSSR count). The average molecular weight is 291 g/mol. The van der Waals surface area contributed by atoms with E-state index >= 15 is 0 Å². The molecule has 0 unspecified atom stereocenters. The van der Waals surface area contributed by atoms with Gasteiger partial charge >= 0.3 is 0 Å². The molecule has 20 heavy (non-hydrogen) atoms. The molecule has 0 aliphatic heterocycles. The molecule has 0 radical (unpaired) electrons. The van der Waals surface area contributed by atoms with Crippen LogP contribution in [0.25, 0.3) is 10.6 Å². The molecule has 0 spiro atoms. The van der Waals surface area contributed by atoms with Crippen LogP contribution in [0, 0.1) is 0 Å². The maximum absolute atomic E-state index is 11.3. The molecule has 0 aliphatic rings. The van der Waals surface area contributed by atoms with Crippen LogP contribution in [0.1, 0.15) is 30.8 Å². The molecule has 0 saturated carbocycles. The molecule has 1 heterocycles. The number of ether oxygens (including phenoxy) is 2.